The van der Waals surface area contributed by atoms with Crippen LogP contribution in [0.2, 0.25) is 0 Å². The summed E-state index contributed by atoms with van der Waals surface area (Å²) in [7, 11) is 0. The van der Waals surface area contributed by atoms with E-state index in [0.29, 0.717) is 12.5 Å². The maximum absolute atomic E-state index is 12.3. The van der Waals surface area contributed by atoms with Crippen molar-refractivity contribution in [2.75, 3.05) is 6.54 Å². The van der Waals surface area contributed by atoms with Gasteiger partial charge in [-0.1, -0.05) is 24.3 Å². The molecule has 1 amide bonds. The number of benzene rings is 1. The van der Waals surface area contributed by atoms with Crippen LogP contribution in [0.25, 0.3) is 0 Å². The van der Waals surface area contributed by atoms with E-state index < -0.39 is 10.8 Å². The molecule has 2 aliphatic rings. The number of fused-ring (bicyclic) bond motifs is 2. The number of hydrogen-bond donors (Lipinski definition) is 2. The summed E-state index contributed by atoms with van der Waals surface area (Å²) in [4.78, 5) is 22.8. The van der Waals surface area contributed by atoms with Gasteiger partial charge in [-0.2, -0.15) is 5.10 Å². The molecule has 2 atom stereocenters. The molecule has 0 bridgehead atoms. The lowest BCUT2D eigenvalue weighted by molar-refractivity contribution is -0.385. The van der Waals surface area contributed by atoms with Gasteiger partial charge >= 0.3 is 5.69 Å². The Morgan fingerprint density at radius 2 is 2.29 bits per heavy atom. The van der Waals surface area contributed by atoms with Gasteiger partial charge in [-0.3, -0.25) is 20.0 Å². The van der Waals surface area contributed by atoms with Gasteiger partial charge in [0.15, 0.2) is 0 Å². The molecule has 0 aliphatic heterocycles. The molecule has 24 heavy (non-hydrogen) atoms. The summed E-state index contributed by atoms with van der Waals surface area (Å²) in [6, 6.07) is 8.49. The number of hydrogen-bond acceptors (Lipinski definition) is 4. The average molecular weight is 326 g/mol. The van der Waals surface area contributed by atoms with Gasteiger partial charge in [0.25, 0.3) is 5.91 Å². The largest absolute Gasteiger partial charge is 0.350 e. The van der Waals surface area contributed by atoms with E-state index in [1.54, 1.807) is 0 Å². The van der Waals surface area contributed by atoms with Crippen molar-refractivity contribution >= 4 is 11.6 Å². The van der Waals surface area contributed by atoms with Crippen LogP contribution in [0.1, 0.15) is 40.2 Å². The van der Waals surface area contributed by atoms with Crippen molar-refractivity contribution in [3.8, 4) is 0 Å². The van der Waals surface area contributed by atoms with Gasteiger partial charge < -0.3 is 5.32 Å². The van der Waals surface area contributed by atoms with Gasteiger partial charge in [0.1, 0.15) is 5.69 Å². The summed E-state index contributed by atoms with van der Waals surface area (Å²) in [5, 5.41) is 20.2. The molecule has 1 heterocycles. The average Bonchev–Trinajstić information content (AvgIpc) is 2.92. The van der Waals surface area contributed by atoms with E-state index in [2.05, 4.69) is 39.8 Å². The number of amides is 1. The summed E-state index contributed by atoms with van der Waals surface area (Å²) in [5.41, 5.74) is 2.91. The van der Waals surface area contributed by atoms with Gasteiger partial charge in [0.05, 0.1) is 4.92 Å². The zero-order valence-corrected chi connectivity index (χ0v) is 13.3. The zero-order valence-electron chi connectivity index (χ0n) is 13.3. The van der Waals surface area contributed by atoms with Crippen LogP contribution >= 0.6 is 0 Å². The monoisotopic (exact) mass is 326 g/mol. The van der Waals surface area contributed by atoms with Crippen LogP contribution in [0.4, 0.5) is 5.69 Å². The molecule has 1 saturated carbocycles. The Morgan fingerprint density at radius 3 is 3.08 bits per heavy atom. The number of nitro groups is 1. The molecular weight excluding hydrogens is 308 g/mol. The molecular formula is C17H18N4O3. The lowest BCUT2D eigenvalue weighted by Crippen LogP contribution is -2.28. The second-order valence-electron chi connectivity index (χ2n) is 6.73. The van der Waals surface area contributed by atoms with Crippen LogP contribution in [-0.4, -0.2) is 27.6 Å². The van der Waals surface area contributed by atoms with Crippen molar-refractivity contribution in [1.29, 1.82) is 0 Å². The summed E-state index contributed by atoms with van der Waals surface area (Å²) >= 11 is 0. The highest BCUT2D eigenvalue weighted by molar-refractivity contribution is 5.96. The summed E-state index contributed by atoms with van der Waals surface area (Å²) < 4.78 is 0. The van der Waals surface area contributed by atoms with Crippen molar-refractivity contribution in [2.24, 2.45) is 5.92 Å². The Hall–Kier alpha value is -2.70. The predicted molar refractivity (Wildman–Crippen MR) is 86.9 cm³/mol. The van der Waals surface area contributed by atoms with Crippen molar-refractivity contribution in [2.45, 2.75) is 31.6 Å². The zero-order chi connectivity index (χ0) is 16.9. The number of rotatable bonds is 4. The Morgan fingerprint density at radius 1 is 1.50 bits per heavy atom. The van der Waals surface area contributed by atoms with Crippen LogP contribution in [0.3, 0.4) is 0 Å². The molecule has 1 aromatic carbocycles. The van der Waals surface area contributed by atoms with Gasteiger partial charge in [-0.15, -0.1) is 0 Å². The third-order valence-electron chi connectivity index (χ3n) is 5.45. The van der Waals surface area contributed by atoms with Crippen LogP contribution < -0.4 is 5.32 Å². The molecule has 124 valence electrons. The van der Waals surface area contributed by atoms with E-state index >= 15 is 0 Å². The normalized spacial score (nSPS) is 24.0. The maximum atomic E-state index is 12.3. The first-order valence-corrected chi connectivity index (χ1v) is 8.09. The SMILES string of the molecule is Cc1[nH]nc(C(=O)NCC2CC23CCc2ccccc23)c1[N+](=O)[O-]. The summed E-state index contributed by atoms with van der Waals surface area (Å²) in [6.07, 6.45) is 3.27. The van der Waals surface area contributed by atoms with E-state index in [0.717, 1.165) is 19.3 Å². The lowest BCUT2D eigenvalue weighted by atomic mass is 9.95. The van der Waals surface area contributed by atoms with Crippen molar-refractivity contribution in [3.05, 3.63) is 56.9 Å². The Kier molecular flexibility index (Phi) is 3.19. The van der Waals surface area contributed by atoms with Gasteiger partial charge in [0.2, 0.25) is 5.69 Å². The Bertz CT molecular complexity index is 844. The van der Waals surface area contributed by atoms with Crippen molar-refractivity contribution < 1.29 is 9.72 Å². The van der Waals surface area contributed by atoms with E-state index in [4.69, 9.17) is 0 Å². The van der Waals surface area contributed by atoms with Crippen LogP contribution in [0.5, 0.6) is 0 Å². The van der Waals surface area contributed by atoms with E-state index in [9.17, 15) is 14.9 Å². The number of aromatic amines is 1. The van der Waals surface area contributed by atoms with Gasteiger partial charge in [0, 0.05) is 12.0 Å². The third-order valence-corrected chi connectivity index (χ3v) is 5.45. The molecule has 0 radical (unpaired) electrons. The standard InChI is InChI=1S/C17H18N4O3/c1-10-15(21(23)24)14(20-19-10)16(22)18-9-12-8-17(12)7-6-11-4-2-3-5-13(11)17/h2-5,12H,6-9H2,1H3,(H,18,22)(H,19,20). The molecule has 2 unspecified atom stereocenters. The fourth-order valence-electron chi connectivity index (χ4n) is 4.11. The highest BCUT2D eigenvalue weighted by Crippen LogP contribution is 2.61. The van der Waals surface area contributed by atoms with Gasteiger partial charge in [-0.25, -0.2) is 0 Å². The smallest absolute Gasteiger partial charge is 0.322 e. The molecule has 7 nitrogen and oxygen atoms in total. The topological polar surface area (TPSA) is 101 Å². The molecule has 1 spiro atoms. The van der Waals surface area contributed by atoms with E-state index in [-0.39, 0.29) is 22.5 Å². The number of nitrogens with one attached hydrogen (secondary N) is 2. The molecule has 2 N–H and O–H groups in total. The summed E-state index contributed by atoms with van der Waals surface area (Å²) in [6.45, 7) is 2.06. The first-order chi connectivity index (χ1) is 11.5. The minimum atomic E-state index is -0.570. The first-order valence-electron chi connectivity index (χ1n) is 8.09. The molecule has 2 aliphatic carbocycles. The minimum Gasteiger partial charge on any atom is -0.350 e. The van der Waals surface area contributed by atoms with Crippen LogP contribution in [0, 0.1) is 23.0 Å². The molecule has 1 aromatic heterocycles. The Balaban J connectivity index is 1.45. The highest BCUT2D eigenvalue weighted by Gasteiger charge is 2.57. The first kappa shape index (κ1) is 14.9. The summed E-state index contributed by atoms with van der Waals surface area (Å²) in [5.74, 6) is -0.0939. The molecule has 1 fully saturated rings. The Labute approximate surface area is 138 Å². The molecule has 4 rings (SSSR count). The highest BCUT2D eigenvalue weighted by atomic mass is 16.6. The van der Waals surface area contributed by atoms with Crippen molar-refractivity contribution in [1.82, 2.24) is 15.5 Å². The second kappa shape index (κ2) is 5.15. The molecule has 7 heteroatoms. The minimum absolute atomic E-state index is 0.140. The fraction of sp³-hybridized carbons (Fsp3) is 0.412. The van der Waals surface area contributed by atoms with Crippen LogP contribution in [-0.2, 0) is 11.8 Å². The fourth-order valence-corrected chi connectivity index (χ4v) is 4.11. The van der Waals surface area contributed by atoms with E-state index in [1.165, 1.54) is 18.1 Å². The van der Waals surface area contributed by atoms with E-state index in [1.807, 2.05) is 0 Å². The van der Waals surface area contributed by atoms with Gasteiger partial charge in [-0.05, 0) is 43.2 Å². The predicted octanol–water partition coefficient (Wildman–Crippen LogP) is 2.26. The number of aryl methyl sites for hydroxylation is 2. The molecule has 0 saturated heterocycles. The quantitative estimate of drug-likeness (QED) is 0.664. The molecule has 2 aromatic rings. The number of carbonyl (C=O) groups is 1. The number of aromatic nitrogens is 2. The maximum Gasteiger partial charge on any atom is 0.322 e. The third kappa shape index (κ3) is 2.11. The second-order valence-corrected chi connectivity index (χ2v) is 6.73. The number of nitrogens with zero attached hydrogens (tertiary/aromatic N) is 2. The lowest BCUT2D eigenvalue weighted by Gasteiger charge is -2.11. The number of H-pyrrole nitrogens is 1. The van der Waals surface area contributed by atoms with Crippen molar-refractivity contribution in [3.63, 3.8) is 0 Å². The van der Waals surface area contributed by atoms with Crippen LogP contribution in [0.15, 0.2) is 24.3 Å². The number of carbonyl (C=O) groups excluding carboxylic acids is 1.